The van der Waals surface area contributed by atoms with Crippen LogP contribution in [-0.2, 0) is 0 Å². The SMILES string of the molecule is Cc1c(C(=O)NCCC2CCCNC2)c(=O)[nH]c2ccccc12. The van der Waals surface area contributed by atoms with Crippen LogP contribution in [0.4, 0.5) is 0 Å². The van der Waals surface area contributed by atoms with Gasteiger partial charge in [-0.15, -0.1) is 0 Å². The molecule has 1 aromatic carbocycles. The molecule has 0 bridgehead atoms. The quantitative estimate of drug-likeness (QED) is 0.808. The number of nitrogens with one attached hydrogen (secondary N) is 3. The molecule has 1 amide bonds. The van der Waals surface area contributed by atoms with E-state index in [-0.39, 0.29) is 17.0 Å². The highest BCUT2D eigenvalue weighted by molar-refractivity contribution is 5.99. The van der Waals surface area contributed by atoms with E-state index in [1.165, 1.54) is 12.8 Å². The second kappa shape index (κ2) is 6.96. The monoisotopic (exact) mass is 313 g/mol. The zero-order chi connectivity index (χ0) is 16.2. The molecule has 5 heteroatoms. The van der Waals surface area contributed by atoms with E-state index in [1.807, 2.05) is 31.2 Å². The molecule has 0 saturated carbocycles. The number of rotatable bonds is 4. The number of aromatic amines is 1. The van der Waals surface area contributed by atoms with E-state index >= 15 is 0 Å². The van der Waals surface area contributed by atoms with E-state index in [0.29, 0.717) is 12.5 Å². The first-order chi connectivity index (χ1) is 11.2. The van der Waals surface area contributed by atoms with E-state index in [9.17, 15) is 9.59 Å². The summed E-state index contributed by atoms with van der Waals surface area (Å²) in [6.07, 6.45) is 3.35. The van der Waals surface area contributed by atoms with Crippen molar-refractivity contribution in [2.45, 2.75) is 26.2 Å². The summed E-state index contributed by atoms with van der Waals surface area (Å²) in [6, 6.07) is 7.55. The lowest BCUT2D eigenvalue weighted by Crippen LogP contribution is -2.35. The summed E-state index contributed by atoms with van der Waals surface area (Å²) >= 11 is 0. The van der Waals surface area contributed by atoms with Crippen LogP contribution in [0.15, 0.2) is 29.1 Å². The van der Waals surface area contributed by atoms with Crippen molar-refractivity contribution in [3.05, 3.63) is 45.7 Å². The van der Waals surface area contributed by atoms with Crippen LogP contribution in [0.5, 0.6) is 0 Å². The number of amides is 1. The summed E-state index contributed by atoms with van der Waals surface area (Å²) < 4.78 is 0. The van der Waals surface area contributed by atoms with Crippen molar-refractivity contribution in [1.82, 2.24) is 15.6 Å². The van der Waals surface area contributed by atoms with Crippen LogP contribution >= 0.6 is 0 Å². The summed E-state index contributed by atoms with van der Waals surface area (Å²) in [6.45, 7) is 4.55. The van der Waals surface area contributed by atoms with Gasteiger partial charge >= 0.3 is 0 Å². The van der Waals surface area contributed by atoms with Gasteiger partial charge < -0.3 is 15.6 Å². The molecule has 0 radical (unpaired) electrons. The van der Waals surface area contributed by atoms with Crippen molar-refractivity contribution in [3.8, 4) is 0 Å². The first kappa shape index (κ1) is 15.7. The Morgan fingerprint density at radius 2 is 2.17 bits per heavy atom. The third kappa shape index (κ3) is 3.45. The highest BCUT2D eigenvalue weighted by Gasteiger charge is 2.17. The van der Waals surface area contributed by atoms with Crippen LogP contribution in [0.2, 0.25) is 0 Å². The highest BCUT2D eigenvalue weighted by Crippen LogP contribution is 2.17. The number of pyridine rings is 1. The molecule has 5 nitrogen and oxygen atoms in total. The molecule has 1 unspecified atom stereocenters. The summed E-state index contributed by atoms with van der Waals surface area (Å²) in [5, 5.41) is 7.19. The molecule has 2 aromatic rings. The minimum atomic E-state index is -0.321. The number of aromatic nitrogens is 1. The first-order valence-corrected chi connectivity index (χ1v) is 8.27. The summed E-state index contributed by atoms with van der Waals surface area (Å²) in [5.41, 5.74) is 1.41. The number of aryl methyl sites for hydroxylation is 1. The number of hydrogen-bond acceptors (Lipinski definition) is 3. The lowest BCUT2D eigenvalue weighted by Gasteiger charge is -2.22. The highest BCUT2D eigenvalue weighted by atomic mass is 16.2. The Labute approximate surface area is 135 Å². The zero-order valence-corrected chi connectivity index (χ0v) is 13.4. The van der Waals surface area contributed by atoms with Crippen molar-refractivity contribution in [2.24, 2.45) is 5.92 Å². The molecule has 0 spiro atoms. The second-order valence-corrected chi connectivity index (χ2v) is 6.26. The molecule has 1 saturated heterocycles. The van der Waals surface area contributed by atoms with Gasteiger partial charge in [0, 0.05) is 17.4 Å². The number of piperidine rings is 1. The van der Waals surface area contributed by atoms with Gasteiger partial charge in [0.25, 0.3) is 11.5 Å². The fraction of sp³-hybridized carbons (Fsp3) is 0.444. The van der Waals surface area contributed by atoms with Crippen LogP contribution in [0.25, 0.3) is 10.9 Å². The maximum Gasteiger partial charge on any atom is 0.261 e. The molecule has 0 aliphatic carbocycles. The van der Waals surface area contributed by atoms with Gasteiger partial charge in [0.1, 0.15) is 5.56 Å². The molecule has 122 valence electrons. The number of fused-ring (bicyclic) bond motifs is 1. The second-order valence-electron chi connectivity index (χ2n) is 6.26. The van der Waals surface area contributed by atoms with Crippen molar-refractivity contribution in [1.29, 1.82) is 0 Å². The van der Waals surface area contributed by atoms with Crippen molar-refractivity contribution >= 4 is 16.8 Å². The molecule has 23 heavy (non-hydrogen) atoms. The normalized spacial score (nSPS) is 18.0. The zero-order valence-electron chi connectivity index (χ0n) is 13.4. The molecule has 2 heterocycles. The Balaban J connectivity index is 1.71. The van der Waals surface area contributed by atoms with Crippen LogP contribution < -0.4 is 16.2 Å². The third-order valence-corrected chi connectivity index (χ3v) is 4.65. The lowest BCUT2D eigenvalue weighted by molar-refractivity contribution is 0.0948. The first-order valence-electron chi connectivity index (χ1n) is 8.27. The number of para-hydroxylation sites is 1. The van der Waals surface area contributed by atoms with Gasteiger partial charge in [0.2, 0.25) is 0 Å². The maximum atomic E-state index is 12.4. The Hall–Kier alpha value is -2.14. The smallest absolute Gasteiger partial charge is 0.261 e. The van der Waals surface area contributed by atoms with E-state index in [1.54, 1.807) is 0 Å². The largest absolute Gasteiger partial charge is 0.352 e. The number of carbonyl (C=O) groups is 1. The van der Waals surface area contributed by atoms with E-state index in [0.717, 1.165) is 36.0 Å². The van der Waals surface area contributed by atoms with E-state index < -0.39 is 0 Å². The number of benzene rings is 1. The molecule has 1 atom stereocenters. The summed E-state index contributed by atoms with van der Waals surface area (Å²) in [5.74, 6) is 0.332. The number of carbonyl (C=O) groups excluding carboxylic acids is 1. The van der Waals surface area contributed by atoms with Crippen LogP contribution in [-0.4, -0.2) is 30.5 Å². The van der Waals surface area contributed by atoms with E-state index in [4.69, 9.17) is 0 Å². The van der Waals surface area contributed by atoms with Gasteiger partial charge in [-0.25, -0.2) is 0 Å². The minimum Gasteiger partial charge on any atom is -0.352 e. The Morgan fingerprint density at radius 3 is 2.96 bits per heavy atom. The van der Waals surface area contributed by atoms with Gasteiger partial charge in [-0.05, 0) is 56.8 Å². The molecule has 1 aromatic heterocycles. The summed E-state index contributed by atoms with van der Waals surface area (Å²) in [4.78, 5) is 27.5. The van der Waals surface area contributed by atoms with Crippen molar-refractivity contribution in [2.75, 3.05) is 19.6 Å². The average molecular weight is 313 g/mol. The Bertz CT molecular complexity index is 760. The lowest BCUT2D eigenvalue weighted by atomic mass is 9.96. The third-order valence-electron chi connectivity index (χ3n) is 4.65. The predicted molar refractivity (Wildman–Crippen MR) is 91.8 cm³/mol. The molecule has 1 aliphatic heterocycles. The number of H-pyrrole nitrogens is 1. The molecule has 1 fully saturated rings. The molecular formula is C18H23N3O2. The summed E-state index contributed by atoms with van der Waals surface area (Å²) in [7, 11) is 0. The Kier molecular flexibility index (Phi) is 4.76. The Morgan fingerprint density at radius 1 is 1.35 bits per heavy atom. The predicted octanol–water partition coefficient (Wildman–Crippen LogP) is 1.96. The topological polar surface area (TPSA) is 74.0 Å². The standard InChI is InChI=1S/C18H23N3O2/c1-12-14-6-2-3-7-15(14)21-18(23)16(12)17(22)20-10-8-13-5-4-9-19-11-13/h2-3,6-7,13,19H,4-5,8-11H2,1H3,(H,20,22)(H,21,23). The fourth-order valence-electron chi connectivity index (χ4n) is 3.33. The van der Waals surface area contributed by atoms with Gasteiger partial charge in [-0.1, -0.05) is 18.2 Å². The van der Waals surface area contributed by atoms with Gasteiger partial charge in [-0.3, -0.25) is 9.59 Å². The minimum absolute atomic E-state index is 0.227. The van der Waals surface area contributed by atoms with Crippen LogP contribution in [0.1, 0.15) is 35.2 Å². The average Bonchev–Trinajstić information content (AvgIpc) is 2.56. The number of hydrogen-bond donors (Lipinski definition) is 3. The molecular weight excluding hydrogens is 290 g/mol. The van der Waals surface area contributed by atoms with E-state index in [2.05, 4.69) is 15.6 Å². The van der Waals surface area contributed by atoms with Crippen LogP contribution in [0.3, 0.4) is 0 Å². The van der Waals surface area contributed by atoms with Gasteiger partial charge in [0.15, 0.2) is 0 Å². The maximum absolute atomic E-state index is 12.4. The fourth-order valence-corrected chi connectivity index (χ4v) is 3.33. The van der Waals surface area contributed by atoms with Crippen molar-refractivity contribution in [3.63, 3.8) is 0 Å². The molecule has 3 N–H and O–H groups in total. The molecule has 3 rings (SSSR count). The van der Waals surface area contributed by atoms with Gasteiger partial charge in [0.05, 0.1) is 0 Å². The van der Waals surface area contributed by atoms with Crippen molar-refractivity contribution < 1.29 is 4.79 Å². The van der Waals surface area contributed by atoms with Gasteiger partial charge in [-0.2, -0.15) is 0 Å². The van der Waals surface area contributed by atoms with Crippen LogP contribution in [0, 0.1) is 12.8 Å². The molecule has 1 aliphatic rings.